The van der Waals surface area contributed by atoms with E-state index in [0.29, 0.717) is 21.0 Å². The Hall–Kier alpha value is -3.19. The van der Waals surface area contributed by atoms with E-state index in [2.05, 4.69) is 5.32 Å². The number of hydrogen-bond acceptors (Lipinski definition) is 5. The summed E-state index contributed by atoms with van der Waals surface area (Å²) in [5, 5.41) is 15.5. The lowest BCUT2D eigenvalue weighted by molar-refractivity contribution is -0.605. The Morgan fingerprint density at radius 3 is 2.38 bits per heavy atom. The zero-order valence-corrected chi connectivity index (χ0v) is 13.2. The maximum Gasteiger partial charge on any atom is 0.343 e. The monoisotopic (exact) mass is 340 g/mol. The Balaban J connectivity index is 1.63. The molecule has 1 aromatic carbocycles. The number of amides is 1. The number of carbonyl (C=O) groups is 2. The Kier molecular flexibility index (Phi) is 4.53. The number of hydrogen-bond donors (Lipinski definition) is 1. The van der Waals surface area contributed by atoms with Crippen LogP contribution in [0.15, 0.2) is 66.3 Å². The Labute approximate surface area is 141 Å². The standard InChI is InChI=1S/C17H12N2O4S/c20-16(15-2-1-11-24-15)18-13-3-5-14(6-4-13)23-17(21)12-7-9-19(22)10-8-12/h1-11H,(H,18,20). The molecule has 3 rings (SSSR count). The predicted octanol–water partition coefficient (Wildman–Crippen LogP) is 2.85. The van der Waals surface area contributed by atoms with Gasteiger partial charge in [0.15, 0.2) is 12.4 Å². The van der Waals surface area contributed by atoms with Gasteiger partial charge in [-0.1, -0.05) is 6.07 Å². The predicted molar refractivity (Wildman–Crippen MR) is 89.1 cm³/mol. The Morgan fingerprint density at radius 1 is 1.04 bits per heavy atom. The second-order valence-corrected chi connectivity index (χ2v) is 5.74. The van der Waals surface area contributed by atoms with E-state index < -0.39 is 5.97 Å². The molecule has 0 unspecified atom stereocenters. The molecule has 0 spiro atoms. The molecule has 0 fully saturated rings. The molecule has 0 saturated carbocycles. The van der Waals surface area contributed by atoms with Crippen molar-refractivity contribution in [2.45, 2.75) is 0 Å². The first-order chi connectivity index (χ1) is 11.6. The summed E-state index contributed by atoms with van der Waals surface area (Å²) in [6.45, 7) is 0. The Bertz CT molecular complexity index is 843. The highest BCUT2D eigenvalue weighted by molar-refractivity contribution is 7.12. The van der Waals surface area contributed by atoms with E-state index in [1.165, 1.54) is 35.9 Å². The summed E-state index contributed by atoms with van der Waals surface area (Å²) < 4.78 is 5.80. The molecule has 120 valence electrons. The fourth-order valence-electron chi connectivity index (χ4n) is 1.92. The number of thiophene rings is 1. The molecule has 0 atom stereocenters. The van der Waals surface area contributed by atoms with Crippen molar-refractivity contribution in [2.75, 3.05) is 5.32 Å². The van der Waals surface area contributed by atoms with Crippen LogP contribution < -0.4 is 14.8 Å². The van der Waals surface area contributed by atoms with Crippen molar-refractivity contribution >= 4 is 28.9 Å². The van der Waals surface area contributed by atoms with Gasteiger partial charge < -0.3 is 15.3 Å². The molecule has 0 radical (unpaired) electrons. The van der Waals surface area contributed by atoms with Gasteiger partial charge in [-0.15, -0.1) is 11.3 Å². The third kappa shape index (κ3) is 3.76. The van der Waals surface area contributed by atoms with Crippen molar-refractivity contribution in [1.29, 1.82) is 0 Å². The molecule has 3 aromatic rings. The quantitative estimate of drug-likeness (QED) is 0.343. The van der Waals surface area contributed by atoms with Crippen molar-refractivity contribution in [3.8, 4) is 5.75 Å². The zero-order valence-electron chi connectivity index (χ0n) is 12.3. The molecule has 0 aliphatic heterocycles. The highest BCUT2D eigenvalue weighted by Crippen LogP contribution is 2.18. The number of ether oxygens (including phenoxy) is 1. The average molecular weight is 340 g/mol. The van der Waals surface area contributed by atoms with Crippen LogP contribution >= 0.6 is 11.3 Å². The number of rotatable bonds is 4. The second-order valence-electron chi connectivity index (χ2n) is 4.79. The Morgan fingerprint density at radius 2 is 1.75 bits per heavy atom. The van der Waals surface area contributed by atoms with E-state index in [0.717, 1.165) is 0 Å². The van der Waals surface area contributed by atoms with Crippen molar-refractivity contribution in [3.05, 3.63) is 82.0 Å². The smallest absolute Gasteiger partial charge is 0.343 e. The van der Waals surface area contributed by atoms with Gasteiger partial charge in [0.25, 0.3) is 5.91 Å². The van der Waals surface area contributed by atoms with E-state index in [9.17, 15) is 14.8 Å². The molecular formula is C17H12N2O4S. The molecule has 6 nitrogen and oxygen atoms in total. The van der Waals surface area contributed by atoms with Gasteiger partial charge in [-0.2, -0.15) is 4.73 Å². The summed E-state index contributed by atoms with van der Waals surface area (Å²) in [6.07, 6.45) is 2.44. The highest BCUT2D eigenvalue weighted by Gasteiger charge is 2.10. The first-order valence-electron chi connectivity index (χ1n) is 6.98. The summed E-state index contributed by atoms with van der Waals surface area (Å²) in [6, 6.07) is 12.8. The maximum absolute atomic E-state index is 11.9. The lowest BCUT2D eigenvalue weighted by Gasteiger charge is -2.06. The van der Waals surface area contributed by atoms with Gasteiger partial charge in [0, 0.05) is 17.8 Å². The minimum Gasteiger partial charge on any atom is -0.619 e. The number of aromatic nitrogens is 1. The molecule has 7 heteroatoms. The molecular weight excluding hydrogens is 328 g/mol. The summed E-state index contributed by atoms with van der Waals surface area (Å²) in [5.74, 6) is -0.413. The van der Waals surface area contributed by atoms with Gasteiger partial charge in [-0.3, -0.25) is 4.79 Å². The molecule has 0 aliphatic rings. The molecule has 0 bridgehead atoms. The van der Waals surface area contributed by atoms with Gasteiger partial charge in [0.1, 0.15) is 5.75 Å². The van der Waals surface area contributed by atoms with Crippen molar-refractivity contribution in [2.24, 2.45) is 0 Å². The molecule has 2 aromatic heterocycles. The van der Waals surface area contributed by atoms with Gasteiger partial charge >= 0.3 is 5.97 Å². The zero-order chi connectivity index (χ0) is 16.9. The van der Waals surface area contributed by atoms with Crippen LogP contribution in [0.5, 0.6) is 5.75 Å². The van der Waals surface area contributed by atoms with Crippen LogP contribution in [0.25, 0.3) is 0 Å². The molecule has 2 heterocycles. The molecule has 24 heavy (non-hydrogen) atoms. The van der Waals surface area contributed by atoms with Gasteiger partial charge in [0.05, 0.1) is 10.4 Å². The largest absolute Gasteiger partial charge is 0.619 e. The van der Waals surface area contributed by atoms with Crippen LogP contribution in [0.2, 0.25) is 0 Å². The minimum absolute atomic E-state index is 0.190. The molecule has 0 saturated heterocycles. The number of pyridine rings is 1. The molecule has 1 amide bonds. The van der Waals surface area contributed by atoms with Crippen LogP contribution in [0.3, 0.4) is 0 Å². The van der Waals surface area contributed by atoms with E-state index in [1.54, 1.807) is 36.4 Å². The van der Waals surface area contributed by atoms with Crippen LogP contribution in [-0.2, 0) is 0 Å². The third-order valence-electron chi connectivity index (χ3n) is 3.11. The van der Waals surface area contributed by atoms with Crippen LogP contribution in [0, 0.1) is 5.21 Å². The number of nitrogens with zero attached hydrogens (tertiary/aromatic N) is 1. The highest BCUT2D eigenvalue weighted by atomic mass is 32.1. The van der Waals surface area contributed by atoms with E-state index in [4.69, 9.17) is 4.74 Å². The van der Waals surface area contributed by atoms with Crippen molar-refractivity contribution < 1.29 is 19.1 Å². The summed E-state index contributed by atoms with van der Waals surface area (Å²) >= 11 is 1.36. The lowest BCUT2D eigenvalue weighted by Crippen LogP contribution is -2.24. The number of esters is 1. The SMILES string of the molecule is O=C(Oc1ccc(NC(=O)c2cccs2)cc1)c1cc[n+]([O-])cc1. The van der Waals surface area contributed by atoms with Gasteiger partial charge in [0.2, 0.25) is 0 Å². The van der Waals surface area contributed by atoms with Crippen molar-refractivity contribution in [1.82, 2.24) is 0 Å². The lowest BCUT2D eigenvalue weighted by atomic mass is 10.2. The van der Waals surface area contributed by atoms with Gasteiger partial charge in [-0.05, 0) is 35.7 Å². The van der Waals surface area contributed by atoms with Gasteiger partial charge in [-0.25, -0.2) is 4.79 Å². The first kappa shape index (κ1) is 15.7. The summed E-state index contributed by atoms with van der Waals surface area (Å²) in [7, 11) is 0. The number of benzene rings is 1. The number of carbonyl (C=O) groups excluding carboxylic acids is 2. The van der Waals surface area contributed by atoms with Crippen LogP contribution in [0.1, 0.15) is 20.0 Å². The summed E-state index contributed by atoms with van der Waals surface area (Å²) in [4.78, 5) is 24.5. The van der Waals surface area contributed by atoms with E-state index in [1.807, 2.05) is 5.38 Å². The first-order valence-corrected chi connectivity index (χ1v) is 7.86. The van der Waals surface area contributed by atoms with Crippen molar-refractivity contribution in [3.63, 3.8) is 0 Å². The number of nitrogens with one attached hydrogen (secondary N) is 1. The topological polar surface area (TPSA) is 82.3 Å². The fourth-order valence-corrected chi connectivity index (χ4v) is 2.54. The normalized spacial score (nSPS) is 10.2. The summed E-state index contributed by atoms with van der Waals surface area (Å²) in [5.41, 5.74) is 0.873. The van der Waals surface area contributed by atoms with Crippen LogP contribution in [-0.4, -0.2) is 11.9 Å². The molecule has 1 N–H and O–H groups in total. The maximum atomic E-state index is 11.9. The minimum atomic E-state index is -0.564. The molecule has 0 aliphatic carbocycles. The second kappa shape index (κ2) is 6.93. The van der Waals surface area contributed by atoms with E-state index in [-0.39, 0.29) is 11.5 Å². The fraction of sp³-hybridized carbons (Fsp3) is 0. The van der Waals surface area contributed by atoms with Crippen LogP contribution in [0.4, 0.5) is 5.69 Å². The number of anilines is 1. The van der Waals surface area contributed by atoms with E-state index >= 15 is 0 Å². The third-order valence-corrected chi connectivity index (χ3v) is 3.97. The average Bonchev–Trinajstić information content (AvgIpc) is 3.12.